The number of aryl methyl sites for hydroxylation is 1. The molecule has 0 amide bonds. The van der Waals surface area contributed by atoms with Crippen LogP contribution in [0.4, 0.5) is 4.39 Å². The lowest BCUT2D eigenvalue weighted by atomic mass is 9.77. The molecule has 0 aliphatic heterocycles. The first kappa shape index (κ1) is 16.5. The second-order valence-corrected chi connectivity index (χ2v) is 7.28. The number of benzene rings is 2. The van der Waals surface area contributed by atoms with Crippen LogP contribution in [0, 0.1) is 11.7 Å². The Kier molecular flexibility index (Phi) is 5.35. The van der Waals surface area contributed by atoms with E-state index in [0.717, 1.165) is 35.1 Å². The molecule has 0 N–H and O–H groups in total. The van der Waals surface area contributed by atoms with Crippen LogP contribution in [0.15, 0.2) is 30.3 Å². The Bertz CT molecular complexity index is 650. The van der Waals surface area contributed by atoms with Crippen molar-refractivity contribution in [2.45, 2.75) is 71.1 Å². The standard InChI is InChI=1S/C22H29F/c1-3-5-16-7-9-17(10-8-16)19-13-14-21-20(15-19)12-11-18(6-4-2)22(21)23/h11-17H,3-10H2,1-2H3/t16-,17-. The van der Waals surface area contributed by atoms with E-state index in [9.17, 15) is 4.39 Å². The summed E-state index contributed by atoms with van der Waals surface area (Å²) in [6, 6.07) is 10.5. The van der Waals surface area contributed by atoms with Gasteiger partial charge in [-0.25, -0.2) is 4.39 Å². The highest BCUT2D eigenvalue weighted by Crippen LogP contribution is 2.38. The van der Waals surface area contributed by atoms with Gasteiger partial charge < -0.3 is 0 Å². The predicted octanol–water partition coefficient (Wildman–Crippen LogP) is 7.01. The third-order valence-electron chi connectivity index (χ3n) is 5.59. The van der Waals surface area contributed by atoms with Crippen molar-refractivity contribution in [3.63, 3.8) is 0 Å². The third-order valence-corrected chi connectivity index (χ3v) is 5.59. The zero-order valence-corrected chi connectivity index (χ0v) is 14.6. The van der Waals surface area contributed by atoms with Gasteiger partial charge in [-0.2, -0.15) is 0 Å². The van der Waals surface area contributed by atoms with E-state index in [1.807, 2.05) is 12.1 Å². The second kappa shape index (κ2) is 7.47. The molecule has 0 bridgehead atoms. The van der Waals surface area contributed by atoms with Gasteiger partial charge in [-0.15, -0.1) is 0 Å². The van der Waals surface area contributed by atoms with Crippen molar-refractivity contribution >= 4 is 10.8 Å². The number of fused-ring (bicyclic) bond motifs is 1. The van der Waals surface area contributed by atoms with Crippen molar-refractivity contribution in [1.82, 2.24) is 0 Å². The van der Waals surface area contributed by atoms with Crippen LogP contribution in [0.3, 0.4) is 0 Å². The lowest BCUT2D eigenvalue weighted by molar-refractivity contribution is 0.308. The molecule has 1 fully saturated rings. The fraction of sp³-hybridized carbons (Fsp3) is 0.545. The Morgan fingerprint density at radius 3 is 2.43 bits per heavy atom. The van der Waals surface area contributed by atoms with E-state index in [1.54, 1.807) is 0 Å². The molecule has 2 aromatic carbocycles. The molecule has 3 rings (SSSR count). The molecule has 2 aromatic rings. The molecule has 23 heavy (non-hydrogen) atoms. The Hall–Kier alpha value is -1.37. The van der Waals surface area contributed by atoms with E-state index in [2.05, 4.69) is 32.0 Å². The van der Waals surface area contributed by atoms with Crippen molar-refractivity contribution in [3.05, 3.63) is 47.3 Å². The molecule has 0 radical (unpaired) electrons. The largest absolute Gasteiger partial charge is 0.206 e. The molecule has 124 valence electrons. The van der Waals surface area contributed by atoms with Gasteiger partial charge in [0.05, 0.1) is 0 Å². The summed E-state index contributed by atoms with van der Waals surface area (Å²) in [7, 11) is 0. The minimum atomic E-state index is -0.0115. The second-order valence-electron chi connectivity index (χ2n) is 7.28. The monoisotopic (exact) mass is 312 g/mol. The van der Waals surface area contributed by atoms with Gasteiger partial charge in [-0.05, 0) is 60.5 Å². The number of hydrogen-bond donors (Lipinski definition) is 0. The highest BCUT2D eigenvalue weighted by atomic mass is 19.1. The summed E-state index contributed by atoms with van der Waals surface area (Å²) < 4.78 is 14.6. The maximum absolute atomic E-state index is 14.6. The Balaban J connectivity index is 1.80. The molecular formula is C22H29F. The number of hydrogen-bond acceptors (Lipinski definition) is 0. The first-order chi connectivity index (χ1) is 11.2. The van der Waals surface area contributed by atoms with Gasteiger partial charge in [0.15, 0.2) is 0 Å². The van der Waals surface area contributed by atoms with Crippen LogP contribution in [0.5, 0.6) is 0 Å². The van der Waals surface area contributed by atoms with Crippen molar-refractivity contribution in [1.29, 1.82) is 0 Å². The average Bonchev–Trinajstić information content (AvgIpc) is 2.58. The van der Waals surface area contributed by atoms with Gasteiger partial charge in [0, 0.05) is 5.39 Å². The molecule has 1 aliphatic carbocycles. The zero-order chi connectivity index (χ0) is 16.2. The molecule has 0 unspecified atom stereocenters. The van der Waals surface area contributed by atoms with Crippen molar-refractivity contribution < 1.29 is 4.39 Å². The van der Waals surface area contributed by atoms with Gasteiger partial charge in [0.2, 0.25) is 0 Å². The summed E-state index contributed by atoms with van der Waals surface area (Å²) in [5, 5.41) is 1.86. The summed E-state index contributed by atoms with van der Waals surface area (Å²) in [4.78, 5) is 0. The molecule has 1 saturated carbocycles. The van der Waals surface area contributed by atoms with Gasteiger partial charge in [0.1, 0.15) is 5.82 Å². The van der Waals surface area contributed by atoms with Gasteiger partial charge in [-0.3, -0.25) is 0 Å². The van der Waals surface area contributed by atoms with Crippen molar-refractivity contribution in [2.24, 2.45) is 5.92 Å². The average molecular weight is 312 g/mol. The molecular weight excluding hydrogens is 283 g/mol. The van der Waals surface area contributed by atoms with E-state index in [0.29, 0.717) is 5.92 Å². The third kappa shape index (κ3) is 3.59. The van der Waals surface area contributed by atoms with E-state index in [4.69, 9.17) is 0 Å². The Morgan fingerprint density at radius 2 is 1.74 bits per heavy atom. The fourth-order valence-corrected chi connectivity index (χ4v) is 4.26. The summed E-state index contributed by atoms with van der Waals surface area (Å²) >= 11 is 0. The van der Waals surface area contributed by atoms with Crippen LogP contribution in [0.2, 0.25) is 0 Å². The molecule has 1 heteroatoms. The first-order valence-corrected chi connectivity index (χ1v) is 9.44. The molecule has 0 saturated heterocycles. The molecule has 0 aromatic heterocycles. The van der Waals surface area contributed by atoms with E-state index in [-0.39, 0.29) is 5.82 Å². The SMILES string of the molecule is CCCc1ccc2cc([C@H]3CC[C@H](CCC)CC3)ccc2c1F. The highest BCUT2D eigenvalue weighted by molar-refractivity contribution is 5.84. The van der Waals surface area contributed by atoms with E-state index < -0.39 is 0 Å². The fourth-order valence-electron chi connectivity index (χ4n) is 4.26. The summed E-state index contributed by atoms with van der Waals surface area (Å²) in [5.41, 5.74) is 2.27. The van der Waals surface area contributed by atoms with Crippen LogP contribution in [0.25, 0.3) is 10.8 Å². The smallest absolute Gasteiger partial charge is 0.134 e. The normalized spacial score (nSPS) is 21.7. The van der Waals surface area contributed by atoms with Crippen LogP contribution in [-0.4, -0.2) is 0 Å². The topological polar surface area (TPSA) is 0 Å². The van der Waals surface area contributed by atoms with Crippen molar-refractivity contribution in [2.75, 3.05) is 0 Å². The first-order valence-electron chi connectivity index (χ1n) is 9.44. The summed E-state index contributed by atoms with van der Waals surface area (Å²) in [5.74, 6) is 1.60. The van der Waals surface area contributed by atoms with Gasteiger partial charge in [0.25, 0.3) is 0 Å². The molecule has 0 atom stereocenters. The summed E-state index contributed by atoms with van der Waals surface area (Å²) in [6.45, 7) is 4.39. The minimum Gasteiger partial charge on any atom is -0.206 e. The Labute approximate surface area is 140 Å². The Morgan fingerprint density at radius 1 is 0.957 bits per heavy atom. The highest BCUT2D eigenvalue weighted by Gasteiger charge is 2.22. The lowest BCUT2D eigenvalue weighted by Gasteiger charge is -2.28. The maximum Gasteiger partial charge on any atom is 0.134 e. The molecule has 1 aliphatic rings. The molecule has 0 heterocycles. The predicted molar refractivity (Wildman–Crippen MR) is 97.5 cm³/mol. The zero-order valence-electron chi connectivity index (χ0n) is 14.6. The number of rotatable bonds is 5. The van der Waals surface area contributed by atoms with E-state index in [1.165, 1.54) is 44.1 Å². The number of halogens is 1. The molecule has 0 nitrogen and oxygen atoms in total. The van der Waals surface area contributed by atoms with Crippen molar-refractivity contribution in [3.8, 4) is 0 Å². The van der Waals surface area contributed by atoms with Gasteiger partial charge in [-0.1, -0.05) is 63.4 Å². The lowest BCUT2D eigenvalue weighted by Crippen LogP contribution is -2.13. The quantitative estimate of drug-likeness (QED) is 0.557. The minimum absolute atomic E-state index is 0.0115. The van der Waals surface area contributed by atoms with Crippen LogP contribution in [0.1, 0.15) is 75.8 Å². The van der Waals surface area contributed by atoms with Gasteiger partial charge >= 0.3 is 0 Å². The van der Waals surface area contributed by atoms with Crippen LogP contribution in [-0.2, 0) is 6.42 Å². The van der Waals surface area contributed by atoms with E-state index >= 15 is 0 Å². The summed E-state index contributed by atoms with van der Waals surface area (Å²) in [6.07, 6.45) is 9.83. The van der Waals surface area contributed by atoms with Crippen LogP contribution >= 0.6 is 0 Å². The molecule has 0 spiro atoms. The maximum atomic E-state index is 14.6. The van der Waals surface area contributed by atoms with Crippen LogP contribution < -0.4 is 0 Å².